The van der Waals surface area contributed by atoms with Crippen molar-refractivity contribution in [1.29, 1.82) is 0 Å². The Bertz CT molecular complexity index is 513. The van der Waals surface area contributed by atoms with Crippen LogP contribution in [-0.2, 0) is 5.41 Å². The van der Waals surface area contributed by atoms with Crippen molar-refractivity contribution in [2.45, 2.75) is 26.2 Å². The molecule has 88 valence electrons. The second-order valence-electron chi connectivity index (χ2n) is 5.11. The Morgan fingerprint density at radius 2 is 1.71 bits per heavy atom. The second-order valence-corrected chi connectivity index (χ2v) is 5.11. The first-order valence-corrected chi connectivity index (χ1v) is 5.67. The zero-order chi connectivity index (χ0) is 12.5. The number of nitrogens with zero attached hydrogens (tertiary/aromatic N) is 2. The van der Waals surface area contributed by atoms with Crippen molar-refractivity contribution in [2.24, 2.45) is 0 Å². The average molecular weight is 227 g/mol. The number of hydrogen-bond acceptors (Lipinski definition) is 3. The van der Waals surface area contributed by atoms with E-state index in [0.29, 0.717) is 5.82 Å². The maximum absolute atomic E-state index is 6.00. The lowest BCUT2D eigenvalue weighted by atomic mass is 9.95. The second kappa shape index (κ2) is 4.17. The molecular weight excluding hydrogens is 210 g/mol. The third kappa shape index (κ3) is 2.44. The van der Waals surface area contributed by atoms with Crippen LogP contribution < -0.4 is 5.73 Å². The lowest BCUT2D eigenvalue weighted by Crippen LogP contribution is -2.17. The summed E-state index contributed by atoms with van der Waals surface area (Å²) < 4.78 is 0. The molecular formula is C14H17N3. The Hall–Kier alpha value is -1.90. The van der Waals surface area contributed by atoms with Crippen LogP contribution in [0.2, 0.25) is 0 Å². The minimum absolute atomic E-state index is 0.0800. The molecule has 2 rings (SSSR count). The van der Waals surface area contributed by atoms with E-state index in [0.717, 1.165) is 17.0 Å². The highest BCUT2D eigenvalue weighted by Crippen LogP contribution is 2.26. The van der Waals surface area contributed by atoms with Gasteiger partial charge in [-0.2, -0.15) is 0 Å². The van der Waals surface area contributed by atoms with Gasteiger partial charge in [0.25, 0.3) is 0 Å². The summed E-state index contributed by atoms with van der Waals surface area (Å²) in [6.07, 6.45) is 1.80. The molecule has 0 fully saturated rings. The van der Waals surface area contributed by atoms with Crippen molar-refractivity contribution in [3.63, 3.8) is 0 Å². The molecule has 3 heteroatoms. The molecule has 0 radical (unpaired) electrons. The maximum atomic E-state index is 6.00. The number of hydrogen-bond donors (Lipinski definition) is 1. The number of anilines is 1. The van der Waals surface area contributed by atoms with E-state index in [1.54, 1.807) is 6.20 Å². The topological polar surface area (TPSA) is 51.8 Å². The van der Waals surface area contributed by atoms with E-state index in [1.165, 1.54) is 0 Å². The van der Waals surface area contributed by atoms with Crippen LogP contribution in [0, 0.1) is 0 Å². The predicted octanol–water partition coefficient (Wildman–Crippen LogP) is 3.02. The van der Waals surface area contributed by atoms with Gasteiger partial charge in [-0.15, -0.1) is 0 Å². The molecule has 2 aromatic rings. The monoisotopic (exact) mass is 227 g/mol. The fraction of sp³-hybridized carbons (Fsp3) is 0.286. The molecule has 1 aromatic carbocycles. The number of nitrogens with two attached hydrogens (primary N) is 1. The van der Waals surface area contributed by atoms with Gasteiger partial charge in [-0.25, -0.2) is 9.97 Å². The minimum atomic E-state index is -0.0800. The van der Waals surface area contributed by atoms with E-state index in [4.69, 9.17) is 5.73 Å². The van der Waals surface area contributed by atoms with Gasteiger partial charge in [-0.1, -0.05) is 51.1 Å². The highest BCUT2D eigenvalue weighted by Gasteiger charge is 2.18. The Balaban J connectivity index is 2.46. The van der Waals surface area contributed by atoms with Crippen molar-refractivity contribution in [3.8, 4) is 11.1 Å². The minimum Gasteiger partial charge on any atom is -0.383 e. The molecule has 0 spiro atoms. The van der Waals surface area contributed by atoms with E-state index >= 15 is 0 Å². The molecule has 0 aliphatic heterocycles. The summed E-state index contributed by atoms with van der Waals surface area (Å²) in [5, 5.41) is 0. The van der Waals surface area contributed by atoms with Crippen LogP contribution in [0.3, 0.4) is 0 Å². The number of nitrogen functional groups attached to an aromatic ring is 1. The molecule has 17 heavy (non-hydrogen) atoms. The van der Waals surface area contributed by atoms with E-state index in [2.05, 4.69) is 30.7 Å². The molecule has 0 saturated carbocycles. The predicted molar refractivity (Wildman–Crippen MR) is 70.6 cm³/mol. The Morgan fingerprint density at radius 1 is 1.06 bits per heavy atom. The third-order valence-electron chi connectivity index (χ3n) is 2.57. The van der Waals surface area contributed by atoms with Crippen molar-refractivity contribution in [3.05, 3.63) is 42.4 Å². The van der Waals surface area contributed by atoms with E-state index in [1.807, 2.05) is 30.3 Å². The SMILES string of the molecule is CC(C)(C)c1ncc(-c2ccccc2)c(N)n1. The highest BCUT2D eigenvalue weighted by molar-refractivity contribution is 5.72. The van der Waals surface area contributed by atoms with Gasteiger partial charge in [-0.05, 0) is 5.56 Å². The molecule has 0 amide bonds. The summed E-state index contributed by atoms with van der Waals surface area (Å²) in [6, 6.07) is 9.95. The van der Waals surface area contributed by atoms with Crippen molar-refractivity contribution >= 4 is 5.82 Å². The van der Waals surface area contributed by atoms with Crippen LogP contribution in [-0.4, -0.2) is 9.97 Å². The van der Waals surface area contributed by atoms with Gasteiger partial charge in [0.15, 0.2) is 0 Å². The van der Waals surface area contributed by atoms with Gasteiger partial charge in [0, 0.05) is 17.2 Å². The van der Waals surface area contributed by atoms with Gasteiger partial charge in [0.05, 0.1) is 0 Å². The van der Waals surface area contributed by atoms with Crippen molar-refractivity contribution in [2.75, 3.05) is 5.73 Å². The fourth-order valence-corrected chi connectivity index (χ4v) is 1.60. The Labute approximate surface area is 102 Å². The van der Waals surface area contributed by atoms with Gasteiger partial charge < -0.3 is 5.73 Å². The average Bonchev–Trinajstić information content (AvgIpc) is 2.29. The zero-order valence-corrected chi connectivity index (χ0v) is 10.4. The van der Waals surface area contributed by atoms with Crippen LogP contribution in [0.25, 0.3) is 11.1 Å². The lowest BCUT2D eigenvalue weighted by molar-refractivity contribution is 0.546. The fourth-order valence-electron chi connectivity index (χ4n) is 1.60. The van der Waals surface area contributed by atoms with Crippen LogP contribution in [0.4, 0.5) is 5.82 Å². The molecule has 0 aliphatic carbocycles. The largest absolute Gasteiger partial charge is 0.383 e. The Kier molecular flexibility index (Phi) is 2.84. The van der Waals surface area contributed by atoms with Gasteiger partial charge in [0.2, 0.25) is 0 Å². The van der Waals surface area contributed by atoms with E-state index < -0.39 is 0 Å². The van der Waals surface area contributed by atoms with Crippen LogP contribution >= 0.6 is 0 Å². The first-order valence-electron chi connectivity index (χ1n) is 5.67. The molecule has 1 aromatic heterocycles. The number of aromatic nitrogens is 2. The maximum Gasteiger partial charge on any atom is 0.136 e. The van der Waals surface area contributed by atoms with E-state index in [9.17, 15) is 0 Å². The first kappa shape index (κ1) is 11.6. The molecule has 0 unspecified atom stereocenters. The number of rotatable bonds is 1. The first-order chi connectivity index (χ1) is 7.98. The lowest BCUT2D eigenvalue weighted by Gasteiger charge is -2.17. The molecule has 2 N–H and O–H groups in total. The van der Waals surface area contributed by atoms with E-state index in [-0.39, 0.29) is 5.41 Å². The molecule has 3 nitrogen and oxygen atoms in total. The smallest absolute Gasteiger partial charge is 0.136 e. The normalized spacial score (nSPS) is 11.5. The standard InChI is InChI=1S/C14H17N3/c1-14(2,3)13-16-9-11(12(15)17-13)10-7-5-4-6-8-10/h4-9H,1-3H3,(H2,15,16,17). The molecule has 0 bridgehead atoms. The summed E-state index contributed by atoms with van der Waals surface area (Å²) >= 11 is 0. The van der Waals surface area contributed by atoms with Crippen molar-refractivity contribution in [1.82, 2.24) is 9.97 Å². The Morgan fingerprint density at radius 3 is 2.24 bits per heavy atom. The number of benzene rings is 1. The molecule has 0 saturated heterocycles. The van der Waals surface area contributed by atoms with Crippen LogP contribution in [0.15, 0.2) is 36.5 Å². The molecule has 0 atom stereocenters. The summed E-state index contributed by atoms with van der Waals surface area (Å²) in [4.78, 5) is 8.78. The van der Waals surface area contributed by atoms with Crippen LogP contribution in [0.5, 0.6) is 0 Å². The summed E-state index contributed by atoms with van der Waals surface area (Å²) in [5.74, 6) is 1.31. The van der Waals surface area contributed by atoms with Crippen molar-refractivity contribution < 1.29 is 0 Å². The van der Waals surface area contributed by atoms with Gasteiger partial charge >= 0.3 is 0 Å². The summed E-state index contributed by atoms with van der Waals surface area (Å²) in [5.41, 5.74) is 7.85. The molecule has 0 aliphatic rings. The van der Waals surface area contributed by atoms with Crippen LogP contribution in [0.1, 0.15) is 26.6 Å². The summed E-state index contributed by atoms with van der Waals surface area (Å²) in [6.45, 7) is 6.22. The quantitative estimate of drug-likeness (QED) is 0.814. The zero-order valence-electron chi connectivity index (χ0n) is 10.4. The molecule has 1 heterocycles. The summed E-state index contributed by atoms with van der Waals surface area (Å²) in [7, 11) is 0. The van der Waals surface area contributed by atoms with Gasteiger partial charge in [-0.3, -0.25) is 0 Å². The highest BCUT2D eigenvalue weighted by atomic mass is 15.0. The third-order valence-corrected chi connectivity index (χ3v) is 2.57. The van der Waals surface area contributed by atoms with Gasteiger partial charge in [0.1, 0.15) is 11.6 Å².